The summed E-state index contributed by atoms with van der Waals surface area (Å²) in [5.74, 6) is -0.875. The molecule has 0 radical (unpaired) electrons. The fraction of sp³-hybridized carbons (Fsp3) is 0.414. The summed E-state index contributed by atoms with van der Waals surface area (Å²) in [7, 11) is 0. The van der Waals surface area contributed by atoms with Gasteiger partial charge in [0.1, 0.15) is 41.3 Å². The normalized spacial score (nSPS) is 22.1. The molecule has 1 heterocycles. The van der Waals surface area contributed by atoms with Crippen molar-refractivity contribution < 1.29 is 47.9 Å². The number of hydrogen-bond donors (Lipinski definition) is 2. The minimum absolute atomic E-state index is 0.00735. The Balaban J connectivity index is 1.28. The first-order valence-electron chi connectivity index (χ1n) is 24.7. The van der Waals surface area contributed by atoms with E-state index in [1.54, 1.807) is 23.1 Å². The molecule has 0 saturated heterocycles. The van der Waals surface area contributed by atoms with Crippen molar-refractivity contribution in [2.45, 2.75) is 102 Å². The third-order valence-corrected chi connectivity index (χ3v) is 13.5. The van der Waals surface area contributed by atoms with Gasteiger partial charge in [0.05, 0.1) is 31.5 Å². The number of aliphatic hydroxyl groups excluding tert-OH is 2. The number of carbonyl (C=O) groups is 1. The lowest BCUT2D eigenvalue weighted by molar-refractivity contribution is -0.256. The Morgan fingerprint density at radius 3 is 2.31 bits per heavy atom. The fourth-order valence-electron chi connectivity index (χ4n) is 10.4. The van der Waals surface area contributed by atoms with Crippen LogP contribution in [-0.4, -0.2) is 77.4 Å². The minimum atomic E-state index is -1.55. The number of halogens is 1. The standard InChI is InChI=1S/C58H67FN2O9/c1-5-31-67-58-53(61(38-40-21-24-45(59)25-22-40)56(64)66-33-32-65-39-41-15-7-6-8-16-41)37-51(60-70-57(2,3)4)49-35-44(19-11-13-29-62)48(20-12-14-30-63)54(55(49)58)50-36-47(27-28-52(50)69-58)68-46-26-23-42-17-9-10-18-43(42)34-46/h5-10,15-18,21-28,34-36,44,48,53-55,62-63H,1,11-14,19-20,29-33,37-39H2,2-4H3. The highest BCUT2D eigenvalue weighted by Gasteiger charge is 2.66. The highest BCUT2D eigenvalue weighted by molar-refractivity contribution is 6.03. The molecule has 1 aliphatic heterocycles. The van der Waals surface area contributed by atoms with Crippen molar-refractivity contribution in [1.29, 1.82) is 0 Å². The van der Waals surface area contributed by atoms with Gasteiger partial charge in [-0.05, 0) is 128 Å². The molecule has 370 valence electrons. The zero-order valence-electron chi connectivity index (χ0n) is 40.6. The fourth-order valence-corrected chi connectivity index (χ4v) is 10.4. The van der Waals surface area contributed by atoms with E-state index in [4.69, 9.17) is 33.7 Å². The molecule has 2 N–H and O–H groups in total. The van der Waals surface area contributed by atoms with E-state index in [2.05, 4.69) is 30.9 Å². The van der Waals surface area contributed by atoms with Crippen LogP contribution in [0.3, 0.4) is 0 Å². The molecule has 1 saturated carbocycles. The summed E-state index contributed by atoms with van der Waals surface area (Å²) in [4.78, 5) is 22.9. The van der Waals surface area contributed by atoms with Crippen LogP contribution in [-0.2, 0) is 32.2 Å². The van der Waals surface area contributed by atoms with Crippen LogP contribution < -0.4 is 9.47 Å². The van der Waals surface area contributed by atoms with Crippen LogP contribution in [0.5, 0.6) is 17.2 Å². The number of hydrogen-bond acceptors (Lipinski definition) is 10. The van der Waals surface area contributed by atoms with Crippen LogP contribution >= 0.6 is 0 Å². The summed E-state index contributed by atoms with van der Waals surface area (Å²) in [6.07, 6.45) is 7.92. The van der Waals surface area contributed by atoms with Crippen molar-refractivity contribution in [1.82, 2.24) is 4.90 Å². The van der Waals surface area contributed by atoms with Crippen molar-refractivity contribution in [3.05, 3.63) is 162 Å². The molecule has 1 fully saturated rings. The first-order chi connectivity index (χ1) is 34.0. The van der Waals surface area contributed by atoms with E-state index >= 15 is 0 Å². The summed E-state index contributed by atoms with van der Waals surface area (Å²) in [6, 6.07) is 35.1. The number of aliphatic hydroxyl groups is 2. The topological polar surface area (TPSA) is 129 Å². The van der Waals surface area contributed by atoms with Crippen LogP contribution in [0.4, 0.5) is 9.18 Å². The van der Waals surface area contributed by atoms with Crippen LogP contribution in [0.1, 0.15) is 88.3 Å². The molecular weight excluding hydrogens is 888 g/mol. The van der Waals surface area contributed by atoms with Crippen molar-refractivity contribution in [2.24, 2.45) is 22.9 Å². The third-order valence-electron chi connectivity index (χ3n) is 13.5. The second-order valence-corrected chi connectivity index (χ2v) is 19.5. The second kappa shape index (κ2) is 23.2. The molecule has 0 aromatic heterocycles. The number of nitrogens with zero attached hydrogens (tertiary/aromatic N) is 2. The Hall–Kier alpha value is -6.05. The van der Waals surface area contributed by atoms with Gasteiger partial charge >= 0.3 is 6.09 Å². The second-order valence-electron chi connectivity index (χ2n) is 19.5. The predicted molar refractivity (Wildman–Crippen MR) is 269 cm³/mol. The van der Waals surface area contributed by atoms with Gasteiger partial charge in [-0.15, -0.1) is 6.58 Å². The van der Waals surface area contributed by atoms with E-state index in [1.807, 2.05) is 93.6 Å². The largest absolute Gasteiger partial charge is 0.459 e. The number of amides is 1. The smallest absolute Gasteiger partial charge is 0.410 e. The lowest BCUT2D eigenvalue weighted by Crippen LogP contribution is -2.70. The van der Waals surface area contributed by atoms with E-state index < -0.39 is 35.3 Å². The average Bonchev–Trinajstić information content (AvgIpc) is 3.36. The van der Waals surface area contributed by atoms with E-state index in [0.29, 0.717) is 48.0 Å². The molecule has 2 aliphatic carbocycles. The van der Waals surface area contributed by atoms with Crippen molar-refractivity contribution >= 4 is 22.6 Å². The molecule has 12 heteroatoms. The van der Waals surface area contributed by atoms with Gasteiger partial charge in [-0.3, -0.25) is 4.90 Å². The zero-order valence-corrected chi connectivity index (χ0v) is 40.6. The molecule has 5 aromatic carbocycles. The molecule has 0 spiro atoms. The van der Waals surface area contributed by atoms with Gasteiger partial charge in [0.2, 0.25) is 5.79 Å². The van der Waals surface area contributed by atoms with Gasteiger partial charge in [-0.1, -0.05) is 103 Å². The van der Waals surface area contributed by atoms with Gasteiger partial charge in [0, 0.05) is 37.7 Å². The van der Waals surface area contributed by atoms with Crippen LogP contribution in [0.2, 0.25) is 0 Å². The lowest BCUT2D eigenvalue weighted by atomic mass is 9.55. The van der Waals surface area contributed by atoms with Crippen LogP contribution in [0, 0.1) is 23.6 Å². The number of unbranched alkanes of at least 4 members (excludes halogenated alkanes) is 2. The highest BCUT2D eigenvalue weighted by Crippen LogP contribution is 2.62. The molecule has 6 atom stereocenters. The molecule has 3 aliphatic rings. The molecule has 6 unspecified atom stereocenters. The molecule has 5 aromatic rings. The average molecular weight is 955 g/mol. The van der Waals surface area contributed by atoms with Gasteiger partial charge < -0.3 is 38.7 Å². The summed E-state index contributed by atoms with van der Waals surface area (Å²) >= 11 is 0. The number of fused-ring (bicyclic) bond motifs is 3. The number of benzene rings is 5. The lowest BCUT2D eigenvalue weighted by Gasteiger charge is -2.60. The van der Waals surface area contributed by atoms with Crippen LogP contribution in [0.25, 0.3) is 10.8 Å². The predicted octanol–water partition coefficient (Wildman–Crippen LogP) is 12.1. The Morgan fingerprint density at radius 2 is 1.57 bits per heavy atom. The Labute approximate surface area is 411 Å². The minimum Gasteiger partial charge on any atom is -0.459 e. The van der Waals surface area contributed by atoms with E-state index in [9.17, 15) is 19.4 Å². The SMILES string of the molecule is C=CCOC12Oc3ccc(Oc4ccc5ccccc5c4)cc3C3C(CCCCO)C(CCCCO)C=C(C(=NOC(C)(C)C)CC1N(Cc1ccc(F)cc1)C(=O)OCCOCc1ccccc1)C32. The summed E-state index contributed by atoms with van der Waals surface area (Å²) in [6.45, 7) is 10.6. The van der Waals surface area contributed by atoms with E-state index in [0.717, 1.165) is 53.2 Å². The van der Waals surface area contributed by atoms with Gasteiger partial charge in [-0.25, -0.2) is 9.18 Å². The number of allylic oxidation sites excluding steroid dienone is 1. The molecule has 1 amide bonds. The van der Waals surface area contributed by atoms with Crippen molar-refractivity contribution in [3.63, 3.8) is 0 Å². The monoisotopic (exact) mass is 954 g/mol. The quantitative estimate of drug-likeness (QED) is 0.0396. The number of rotatable bonds is 22. The first-order valence-corrected chi connectivity index (χ1v) is 24.7. The number of carbonyl (C=O) groups excluding carboxylic acids is 1. The zero-order chi connectivity index (χ0) is 49.1. The number of ether oxygens (including phenoxy) is 5. The molecule has 0 bridgehead atoms. The van der Waals surface area contributed by atoms with Gasteiger partial charge in [-0.2, -0.15) is 0 Å². The molecule has 8 rings (SSSR count). The molecular formula is C58H67FN2O9. The van der Waals surface area contributed by atoms with Gasteiger partial charge in [0.15, 0.2) is 0 Å². The van der Waals surface area contributed by atoms with E-state index in [1.165, 1.54) is 12.1 Å². The molecule has 11 nitrogen and oxygen atoms in total. The van der Waals surface area contributed by atoms with Gasteiger partial charge in [0.25, 0.3) is 0 Å². The summed E-state index contributed by atoms with van der Waals surface area (Å²) in [5.41, 5.74) is 3.48. The van der Waals surface area contributed by atoms with Crippen molar-refractivity contribution in [2.75, 3.05) is 33.0 Å². The van der Waals surface area contributed by atoms with Crippen molar-refractivity contribution in [3.8, 4) is 17.2 Å². The maximum absolute atomic E-state index is 15.0. The Kier molecular flexibility index (Phi) is 16.7. The van der Waals surface area contributed by atoms with Crippen LogP contribution in [0.15, 0.2) is 145 Å². The Morgan fingerprint density at radius 1 is 0.857 bits per heavy atom. The third kappa shape index (κ3) is 11.9. The highest BCUT2D eigenvalue weighted by atomic mass is 19.1. The summed E-state index contributed by atoms with van der Waals surface area (Å²) in [5, 5.41) is 27.2. The summed E-state index contributed by atoms with van der Waals surface area (Å²) < 4.78 is 47.8. The van der Waals surface area contributed by atoms with E-state index in [-0.39, 0.29) is 63.8 Å². The number of oxime groups is 1. The maximum atomic E-state index is 15.0. The Bertz CT molecular complexity index is 2600. The maximum Gasteiger partial charge on any atom is 0.410 e. The molecule has 70 heavy (non-hydrogen) atoms. The first kappa shape index (κ1) is 50.3.